The van der Waals surface area contributed by atoms with Gasteiger partial charge in [-0.15, -0.1) is 0 Å². The standard InChI is InChI=1S/C17H16O3/c1-10-5-14-13-4-3-12(18)7-16(13)20-17(8-19-9-17)15(14)6-11(10)2/h3-7,18H,8-9H2,1-2H3. The molecule has 0 saturated carbocycles. The van der Waals surface area contributed by atoms with Gasteiger partial charge in [-0.1, -0.05) is 12.1 Å². The Labute approximate surface area is 117 Å². The third-order valence-electron chi connectivity index (χ3n) is 4.36. The summed E-state index contributed by atoms with van der Waals surface area (Å²) in [6.07, 6.45) is 0. The van der Waals surface area contributed by atoms with Gasteiger partial charge in [0.25, 0.3) is 0 Å². The molecule has 2 aromatic carbocycles. The van der Waals surface area contributed by atoms with E-state index in [1.807, 2.05) is 6.07 Å². The summed E-state index contributed by atoms with van der Waals surface area (Å²) in [5.74, 6) is 0.968. The van der Waals surface area contributed by atoms with Crippen LogP contribution >= 0.6 is 0 Å². The Bertz CT molecular complexity index is 714. The van der Waals surface area contributed by atoms with Gasteiger partial charge in [0.05, 0.1) is 13.2 Å². The predicted octanol–water partition coefficient (Wildman–Crippen LogP) is 3.29. The number of phenols is 1. The van der Waals surface area contributed by atoms with Gasteiger partial charge in [-0.25, -0.2) is 0 Å². The third-order valence-corrected chi connectivity index (χ3v) is 4.36. The lowest BCUT2D eigenvalue weighted by atomic mass is 9.81. The van der Waals surface area contributed by atoms with E-state index >= 15 is 0 Å². The molecule has 0 bridgehead atoms. The largest absolute Gasteiger partial charge is 0.508 e. The number of ether oxygens (including phenoxy) is 2. The van der Waals surface area contributed by atoms with Crippen LogP contribution in [0.2, 0.25) is 0 Å². The van der Waals surface area contributed by atoms with Crippen molar-refractivity contribution in [1.82, 2.24) is 0 Å². The molecule has 0 amide bonds. The van der Waals surface area contributed by atoms with Crippen LogP contribution in [0, 0.1) is 13.8 Å². The van der Waals surface area contributed by atoms with E-state index in [9.17, 15) is 5.11 Å². The Morgan fingerprint density at radius 2 is 1.75 bits per heavy atom. The third kappa shape index (κ3) is 1.44. The fourth-order valence-corrected chi connectivity index (χ4v) is 3.00. The molecular weight excluding hydrogens is 252 g/mol. The summed E-state index contributed by atoms with van der Waals surface area (Å²) >= 11 is 0. The molecule has 0 unspecified atom stereocenters. The zero-order valence-electron chi connectivity index (χ0n) is 11.6. The number of hydrogen-bond acceptors (Lipinski definition) is 3. The molecular formula is C17H16O3. The summed E-state index contributed by atoms with van der Waals surface area (Å²) in [4.78, 5) is 0. The molecule has 0 aromatic heterocycles. The Hall–Kier alpha value is -2.00. The number of aromatic hydroxyl groups is 1. The molecule has 1 fully saturated rings. The van der Waals surface area contributed by atoms with E-state index in [1.165, 1.54) is 22.3 Å². The minimum Gasteiger partial charge on any atom is -0.508 e. The molecule has 1 spiro atoms. The number of hydrogen-bond donors (Lipinski definition) is 1. The summed E-state index contributed by atoms with van der Waals surface area (Å²) in [6.45, 7) is 5.37. The van der Waals surface area contributed by atoms with E-state index in [4.69, 9.17) is 9.47 Å². The summed E-state index contributed by atoms with van der Waals surface area (Å²) in [5, 5.41) is 9.68. The van der Waals surface area contributed by atoms with Gasteiger partial charge in [-0.2, -0.15) is 0 Å². The maximum Gasteiger partial charge on any atom is 0.181 e. The van der Waals surface area contributed by atoms with Crippen molar-refractivity contribution in [2.45, 2.75) is 19.4 Å². The van der Waals surface area contributed by atoms with Crippen molar-refractivity contribution in [2.24, 2.45) is 0 Å². The minimum atomic E-state index is -0.380. The SMILES string of the molecule is Cc1cc2c(cc1C)C1(COC1)Oc1cc(O)ccc1-2. The van der Waals surface area contributed by atoms with Crippen molar-refractivity contribution < 1.29 is 14.6 Å². The highest BCUT2D eigenvalue weighted by molar-refractivity contribution is 5.78. The van der Waals surface area contributed by atoms with Gasteiger partial charge in [-0.05, 0) is 42.7 Å². The first-order valence-electron chi connectivity index (χ1n) is 6.81. The van der Waals surface area contributed by atoms with Gasteiger partial charge in [0.1, 0.15) is 11.5 Å². The van der Waals surface area contributed by atoms with Gasteiger partial charge in [0, 0.05) is 17.2 Å². The molecule has 0 aliphatic carbocycles. The van der Waals surface area contributed by atoms with Gasteiger partial charge in [-0.3, -0.25) is 0 Å². The van der Waals surface area contributed by atoms with Crippen LogP contribution in [0.5, 0.6) is 11.5 Å². The highest BCUT2D eigenvalue weighted by Crippen LogP contribution is 2.49. The predicted molar refractivity (Wildman–Crippen MR) is 76.1 cm³/mol. The monoisotopic (exact) mass is 268 g/mol. The Morgan fingerprint density at radius 3 is 2.45 bits per heavy atom. The van der Waals surface area contributed by atoms with E-state index < -0.39 is 0 Å². The highest BCUT2D eigenvalue weighted by Gasteiger charge is 2.47. The summed E-state index contributed by atoms with van der Waals surface area (Å²) in [6, 6.07) is 9.74. The highest BCUT2D eigenvalue weighted by atomic mass is 16.6. The van der Waals surface area contributed by atoms with Crippen LogP contribution in [0.1, 0.15) is 16.7 Å². The van der Waals surface area contributed by atoms with Crippen LogP contribution in [0.25, 0.3) is 11.1 Å². The van der Waals surface area contributed by atoms with E-state index in [2.05, 4.69) is 26.0 Å². The fraction of sp³-hybridized carbons (Fsp3) is 0.294. The first-order valence-corrected chi connectivity index (χ1v) is 6.81. The molecule has 2 heterocycles. The van der Waals surface area contributed by atoms with Crippen LogP contribution in [-0.4, -0.2) is 18.3 Å². The minimum absolute atomic E-state index is 0.228. The number of rotatable bonds is 0. The van der Waals surface area contributed by atoms with E-state index in [1.54, 1.807) is 12.1 Å². The molecule has 20 heavy (non-hydrogen) atoms. The quantitative estimate of drug-likeness (QED) is 0.796. The first kappa shape index (κ1) is 11.8. The summed E-state index contributed by atoms with van der Waals surface area (Å²) in [7, 11) is 0. The molecule has 1 N–H and O–H groups in total. The van der Waals surface area contributed by atoms with Gasteiger partial charge < -0.3 is 14.6 Å². The first-order chi connectivity index (χ1) is 9.59. The van der Waals surface area contributed by atoms with Crippen molar-refractivity contribution in [2.75, 3.05) is 13.2 Å². The summed E-state index contributed by atoms with van der Waals surface area (Å²) < 4.78 is 11.6. The van der Waals surface area contributed by atoms with Crippen molar-refractivity contribution >= 4 is 0 Å². The molecule has 102 valence electrons. The fourth-order valence-electron chi connectivity index (χ4n) is 3.00. The second kappa shape index (κ2) is 3.76. The Morgan fingerprint density at radius 1 is 1.00 bits per heavy atom. The smallest absolute Gasteiger partial charge is 0.181 e. The average molecular weight is 268 g/mol. The lowest BCUT2D eigenvalue weighted by Gasteiger charge is -2.46. The molecule has 0 atom stereocenters. The molecule has 1 saturated heterocycles. The lowest BCUT2D eigenvalue weighted by molar-refractivity contribution is -0.169. The molecule has 3 nitrogen and oxygen atoms in total. The van der Waals surface area contributed by atoms with Gasteiger partial charge in [0.15, 0.2) is 5.60 Å². The van der Waals surface area contributed by atoms with Gasteiger partial charge in [0.2, 0.25) is 0 Å². The maximum absolute atomic E-state index is 9.68. The van der Waals surface area contributed by atoms with Crippen LogP contribution < -0.4 is 4.74 Å². The number of fused-ring (bicyclic) bond motifs is 4. The summed E-state index contributed by atoms with van der Waals surface area (Å²) in [5.41, 5.74) is 5.58. The van der Waals surface area contributed by atoms with Crippen molar-refractivity contribution in [3.63, 3.8) is 0 Å². The van der Waals surface area contributed by atoms with E-state index in [0.717, 1.165) is 11.3 Å². The molecule has 3 heteroatoms. The second-order valence-electron chi connectivity index (χ2n) is 5.75. The zero-order chi connectivity index (χ0) is 13.9. The molecule has 4 rings (SSSR count). The Kier molecular flexibility index (Phi) is 2.22. The lowest BCUT2D eigenvalue weighted by Crippen LogP contribution is -2.53. The number of phenolic OH excluding ortho intramolecular Hbond substituents is 1. The van der Waals surface area contributed by atoms with Crippen LogP contribution in [0.4, 0.5) is 0 Å². The molecule has 0 radical (unpaired) electrons. The molecule has 2 aliphatic heterocycles. The topological polar surface area (TPSA) is 38.7 Å². The number of benzene rings is 2. The maximum atomic E-state index is 9.68. The van der Waals surface area contributed by atoms with Crippen LogP contribution in [0.3, 0.4) is 0 Å². The van der Waals surface area contributed by atoms with Crippen LogP contribution in [-0.2, 0) is 10.3 Å². The zero-order valence-corrected chi connectivity index (χ0v) is 11.6. The van der Waals surface area contributed by atoms with Crippen LogP contribution in [0.15, 0.2) is 30.3 Å². The number of aryl methyl sites for hydroxylation is 2. The van der Waals surface area contributed by atoms with E-state index in [-0.39, 0.29) is 11.4 Å². The Balaban J connectivity index is 2.02. The van der Waals surface area contributed by atoms with Gasteiger partial charge >= 0.3 is 0 Å². The van der Waals surface area contributed by atoms with E-state index in [0.29, 0.717) is 13.2 Å². The second-order valence-corrected chi connectivity index (χ2v) is 5.75. The van der Waals surface area contributed by atoms with Crippen molar-refractivity contribution in [1.29, 1.82) is 0 Å². The van der Waals surface area contributed by atoms with Crippen molar-refractivity contribution in [3.05, 3.63) is 47.0 Å². The average Bonchev–Trinajstić information content (AvgIpc) is 2.37. The normalized spacial score (nSPS) is 17.9. The molecule has 2 aromatic rings. The van der Waals surface area contributed by atoms with Crippen molar-refractivity contribution in [3.8, 4) is 22.6 Å². The molecule has 2 aliphatic rings.